The van der Waals surface area contributed by atoms with Gasteiger partial charge in [-0.25, -0.2) is 4.98 Å². The van der Waals surface area contributed by atoms with Crippen LogP contribution in [0.2, 0.25) is 0 Å². The minimum absolute atomic E-state index is 0.0756. The molecule has 0 aliphatic carbocycles. The first-order valence-electron chi connectivity index (χ1n) is 8.35. The van der Waals surface area contributed by atoms with Gasteiger partial charge in [-0.15, -0.1) is 0 Å². The molecule has 2 heterocycles. The summed E-state index contributed by atoms with van der Waals surface area (Å²) in [7, 11) is 0. The van der Waals surface area contributed by atoms with E-state index >= 15 is 0 Å². The van der Waals surface area contributed by atoms with Gasteiger partial charge in [0.1, 0.15) is 0 Å². The number of carbonyl (C=O) groups is 1. The number of pyridine rings is 1. The number of fused-ring (bicyclic) bond motifs is 1. The summed E-state index contributed by atoms with van der Waals surface area (Å²) in [6.45, 7) is 0.569. The van der Waals surface area contributed by atoms with E-state index in [1.165, 1.54) is 5.56 Å². The summed E-state index contributed by atoms with van der Waals surface area (Å²) in [5, 5.41) is 0. The van der Waals surface area contributed by atoms with E-state index in [1.54, 1.807) is 11.1 Å². The Labute approximate surface area is 146 Å². The summed E-state index contributed by atoms with van der Waals surface area (Å²) in [5.41, 5.74) is 2.04. The molecule has 1 aromatic heterocycles. The first-order valence-corrected chi connectivity index (χ1v) is 8.35. The third kappa shape index (κ3) is 3.11. The largest absolute Gasteiger partial charge is 0.472 e. The first kappa shape index (κ1) is 15.4. The average Bonchev–Trinajstić information content (AvgIpc) is 2.68. The number of anilines is 1. The van der Waals surface area contributed by atoms with Gasteiger partial charge in [-0.1, -0.05) is 60.7 Å². The molecule has 4 rings (SSSR count). The fourth-order valence-electron chi connectivity index (χ4n) is 3.04. The van der Waals surface area contributed by atoms with E-state index in [9.17, 15) is 4.79 Å². The highest BCUT2D eigenvalue weighted by molar-refractivity contribution is 5.99. The van der Waals surface area contributed by atoms with Gasteiger partial charge in [-0.2, -0.15) is 0 Å². The SMILES string of the molecule is O=C1C(c2ccccc2)Oc2cccnc2N1CCc1ccccc1. The zero-order valence-corrected chi connectivity index (χ0v) is 13.7. The molecule has 0 bridgehead atoms. The Bertz CT molecular complexity index is 865. The summed E-state index contributed by atoms with van der Waals surface area (Å²) in [4.78, 5) is 19.2. The van der Waals surface area contributed by atoms with E-state index in [0.29, 0.717) is 18.1 Å². The number of ether oxygens (including phenoxy) is 1. The molecule has 3 aromatic rings. The lowest BCUT2D eigenvalue weighted by molar-refractivity contribution is -0.126. The zero-order valence-electron chi connectivity index (χ0n) is 13.7. The smallest absolute Gasteiger partial charge is 0.274 e. The molecule has 1 aliphatic rings. The molecule has 0 N–H and O–H groups in total. The van der Waals surface area contributed by atoms with Gasteiger partial charge in [0.15, 0.2) is 11.6 Å². The lowest BCUT2D eigenvalue weighted by atomic mass is 10.1. The number of rotatable bonds is 4. The Morgan fingerprint density at radius 1 is 0.920 bits per heavy atom. The van der Waals surface area contributed by atoms with Crippen molar-refractivity contribution in [2.45, 2.75) is 12.5 Å². The molecule has 2 aromatic carbocycles. The molecule has 0 saturated heterocycles. The van der Waals surface area contributed by atoms with Gasteiger partial charge < -0.3 is 4.74 Å². The lowest BCUT2D eigenvalue weighted by Crippen LogP contribution is -2.42. The first-order chi connectivity index (χ1) is 12.3. The Hall–Kier alpha value is -3.14. The highest BCUT2D eigenvalue weighted by atomic mass is 16.5. The molecule has 1 amide bonds. The van der Waals surface area contributed by atoms with Gasteiger partial charge in [0.25, 0.3) is 5.91 Å². The molecule has 25 heavy (non-hydrogen) atoms. The molecule has 0 spiro atoms. The standard InChI is InChI=1S/C21H18N2O2/c24-21-19(17-10-5-2-6-11-17)25-18-12-7-14-22-20(18)23(21)15-13-16-8-3-1-4-9-16/h1-12,14,19H,13,15H2. The zero-order chi connectivity index (χ0) is 17.1. The van der Waals surface area contributed by atoms with Gasteiger partial charge in [0.2, 0.25) is 6.10 Å². The Morgan fingerprint density at radius 3 is 2.40 bits per heavy atom. The minimum Gasteiger partial charge on any atom is -0.472 e. The number of hydrogen-bond acceptors (Lipinski definition) is 3. The fraction of sp³-hybridized carbons (Fsp3) is 0.143. The number of amides is 1. The van der Waals surface area contributed by atoms with Crippen molar-refractivity contribution < 1.29 is 9.53 Å². The van der Waals surface area contributed by atoms with Crippen LogP contribution in [0.4, 0.5) is 5.82 Å². The average molecular weight is 330 g/mol. The van der Waals surface area contributed by atoms with Crippen molar-refractivity contribution in [2.24, 2.45) is 0 Å². The van der Waals surface area contributed by atoms with Crippen molar-refractivity contribution in [3.8, 4) is 5.75 Å². The number of hydrogen-bond donors (Lipinski definition) is 0. The topological polar surface area (TPSA) is 42.4 Å². The quantitative estimate of drug-likeness (QED) is 0.731. The summed E-state index contributed by atoms with van der Waals surface area (Å²) >= 11 is 0. The fourth-order valence-corrected chi connectivity index (χ4v) is 3.04. The third-order valence-corrected chi connectivity index (χ3v) is 4.31. The van der Waals surface area contributed by atoms with Crippen molar-refractivity contribution in [1.82, 2.24) is 4.98 Å². The van der Waals surface area contributed by atoms with Crippen LogP contribution in [0, 0.1) is 0 Å². The highest BCUT2D eigenvalue weighted by Gasteiger charge is 2.35. The normalized spacial score (nSPS) is 16.2. The number of carbonyl (C=O) groups excluding carboxylic acids is 1. The van der Waals surface area contributed by atoms with Crippen LogP contribution in [0.1, 0.15) is 17.2 Å². The molecule has 0 radical (unpaired) electrons. The maximum Gasteiger partial charge on any atom is 0.274 e. The molecular weight excluding hydrogens is 312 g/mol. The van der Waals surface area contributed by atoms with Gasteiger partial charge in [-0.05, 0) is 24.1 Å². The second kappa shape index (κ2) is 6.77. The summed E-state index contributed by atoms with van der Waals surface area (Å²) in [6, 6.07) is 23.4. The van der Waals surface area contributed by atoms with E-state index in [2.05, 4.69) is 17.1 Å². The second-order valence-electron chi connectivity index (χ2n) is 5.96. The minimum atomic E-state index is -0.631. The molecule has 1 aliphatic heterocycles. The van der Waals surface area contributed by atoms with Crippen molar-refractivity contribution in [2.75, 3.05) is 11.4 Å². The summed E-state index contributed by atoms with van der Waals surface area (Å²) in [6.07, 6.45) is 1.83. The number of benzene rings is 2. The third-order valence-electron chi connectivity index (χ3n) is 4.31. The van der Waals surface area contributed by atoms with E-state index in [0.717, 1.165) is 12.0 Å². The van der Waals surface area contributed by atoms with Crippen LogP contribution >= 0.6 is 0 Å². The monoisotopic (exact) mass is 330 g/mol. The van der Waals surface area contributed by atoms with Crippen LogP contribution in [0.25, 0.3) is 0 Å². The van der Waals surface area contributed by atoms with Crippen molar-refractivity contribution in [3.63, 3.8) is 0 Å². The van der Waals surface area contributed by atoms with Crippen LogP contribution in [0.5, 0.6) is 5.75 Å². The lowest BCUT2D eigenvalue weighted by Gasteiger charge is -2.33. The Balaban J connectivity index is 1.65. The van der Waals surface area contributed by atoms with E-state index in [1.807, 2.05) is 60.7 Å². The molecule has 0 saturated carbocycles. The van der Waals surface area contributed by atoms with Crippen molar-refractivity contribution in [1.29, 1.82) is 0 Å². The molecule has 124 valence electrons. The Morgan fingerprint density at radius 2 is 1.64 bits per heavy atom. The van der Waals surface area contributed by atoms with Crippen LogP contribution in [0.15, 0.2) is 79.0 Å². The van der Waals surface area contributed by atoms with E-state index in [4.69, 9.17) is 4.74 Å². The molecule has 4 nitrogen and oxygen atoms in total. The second-order valence-corrected chi connectivity index (χ2v) is 5.96. The molecule has 4 heteroatoms. The van der Waals surface area contributed by atoms with Crippen LogP contribution in [0.3, 0.4) is 0 Å². The van der Waals surface area contributed by atoms with E-state index in [-0.39, 0.29) is 5.91 Å². The van der Waals surface area contributed by atoms with Crippen molar-refractivity contribution >= 4 is 11.7 Å². The van der Waals surface area contributed by atoms with Crippen molar-refractivity contribution in [3.05, 3.63) is 90.1 Å². The van der Waals surface area contributed by atoms with Gasteiger partial charge in [0, 0.05) is 18.3 Å². The number of aromatic nitrogens is 1. The van der Waals surface area contributed by atoms with Gasteiger partial charge in [0.05, 0.1) is 0 Å². The predicted octanol–water partition coefficient (Wildman–Crippen LogP) is 3.79. The van der Waals surface area contributed by atoms with Crippen LogP contribution in [-0.2, 0) is 11.2 Å². The Kier molecular flexibility index (Phi) is 4.17. The van der Waals surface area contributed by atoms with Gasteiger partial charge in [-0.3, -0.25) is 9.69 Å². The summed E-state index contributed by atoms with van der Waals surface area (Å²) in [5.74, 6) is 1.16. The van der Waals surface area contributed by atoms with Crippen LogP contribution in [-0.4, -0.2) is 17.4 Å². The molecule has 0 fully saturated rings. The maximum atomic E-state index is 13.1. The highest BCUT2D eigenvalue weighted by Crippen LogP contribution is 2.37. The van der Waals surface area contributed by atoms with Gasteiger partial charge >= 0.3 is 0 Å². The number of nitrogens with zero attached hydrogens (tertiary/aromatic N) is 2. The molecule has 1 atom stereocenters. The predicted molar refractivity (Wildman–Crippen MR) is 96.5 cm³/mol. The summed E-state index contributed by atoms with van der Waals surface area (Å²) < 4.78 is 5.96. The molecular formula is C21H18N2O2. The van der Waals surface area contributed by atoms with E-state index < -0.39 is 6.10 Å². The molecule has 1 unspecified atom stereocenters. The maximum absolute atomic E-state index is 13.1. The van der Waals surface area contributed by atoms with Crippen LogP contribution < -0.4 is 9.64 Å².